The molecule has 0 saturated carbocycles. The van der Waals surface area contributed by atoms with Crippen LogP contribution < -0.4 is 10.1 Å². The Labute approximate surface area is 156 Å². The van der Waals surface area contributed by atoms with E-state index >= 15 is 0 Å². The van der Waals surface area contributed by atoms with Gasteiger partial charge in [-0.25, -0.2) is 0 Å². The number of hydrogen-bond acceptors (Lipinski definition) is 4. The van der Waals surface area contributed by atoms with E-state index in [1.54, 1.807) is 17.4 Å². The highest BCUT2D eigenvalue weighted by molar-refractivity contribution is 7.09. The van der Waals surface area contributed by atoms with E-state index < -0.39 is 5.91 Å². The highest BCUT2D eigenvalue weighted by atomic mass is 32.1. The number of amides is 1. The Balaban J connectivity index is 1.96. The summed E-state index contributed by atoms with van der Waals surface area (Å²) in [4.78, 5) is 13.5. The number of ether oxygens (including phenoxy) is 1. The van der Waals surface area contributed by atoms with Gasteiger partial charge in [-0.2, -0.15) is 5.26 Å². The molecule has 0 aliphatic rings. The standard InChI is InChI=1S/C21H18N2O2S/c1-2-25-20-10-9-15-6-3-4-8-18(15)19(20)12-16(13-22)21(24)23-14-17-7-5-11-26-17/h3-12H,2,14H2,1H3,(H,23,24)/b16-12-. The van der Waals surface area contributed by atoms with E-state index in [2.05, 4.69) is 5.32 Å². The Morgan fingerprint density at radius 1 is 1.23 bits per heavy atom. The Kier molecular flexibility index (Phi) is 5.67. The molecule has 0 bridgehead atoms. The predicted octanol–water partition coefficient (Wildman–Crippen LogP) is 4.52. The van der Waals surface area contributed by atoms with Gasteiger partial charge in [0.1, 0.15) is 17.4 Å². The third-order valence-electron chi connectivity index (χ3n) is 3.89. The number of nitriles is 1. The van der Waals surface area contributed by atoms with Crippen molar-refractivity contribution in [2.24, 2.45) is 0 Å². The van der Waals surface area contributed by atoms with E-state index in [-0.39, 0.29) is 5.57 Å². The molecule has 0 aliphatic heterocycles. The second kappa shape index (κ2) is 8.32. The first kappa shape index (κ1) is 17.7. The van der Waals surface area contributed by atoms with Gasteiger partial charge in [0.05, 0.1) is 13.2 Å². The van der Waals surface area contributed by atoms with E-state index in [4.69, 9.17) is 4.74 Å². The molecule has 26 heavy (non-hydrogen) atoms. The predicted molar refractivity (Wildman–Crippen MR) is 105 cm³/mol. The molecule has 130 valence electrons. The minimum atomic E-state index is -0.392. The number of carbonyl (C=O) groups is 1. The monoisotopic (exact) mass is 362 g/mol. The second-order valence-electron chi connectivity index (χ2n) is 5.56. The van der Waals surface area contributed by atoms with Crippen LogP contribution in [0.1, 0.15) is 17.4 Å². The molecule has 1 heterocycles. The van der Waals surface area contributed by atoms with E-state index in [0.29, 0.717) is 18.9 Å². The van der Waals surface area contributed by atoms with Crippen LogP contribution in [-0.4, -0.2) is 12.5 Å². The van der Waals surface area contributed by atoms with Gasteiger partial charge in [0, 0.05) is 10.4 Å². The average Bonchev–Trinajstić information content (AvgIpc) is 3.19. The zero-order valence-corrected chi connectivity index (χ0v) is 15.2. The molecule has 0 atom stereocenters. The summed E-state index contributed by atoms with van der Waals surface area (Å²) in [6.45, 7) is 2.82. The van der Waals surface area contributed by atoms with Gasteiger partial charge in [0.2, 0.25) is 0 Å². The maximum Gasteiger partial charge on any atom is 0.262 e. The summed E-state index contributed by atoms with van der Waals surface area (Å²) in [6.07, 6.45) is 1.61. The van der Waals surface area contributed by atoms with Crippen LogP contribution in [0.15, 0.2) is 59.5 Å². The summed E-state index contributed by atoms with van der Waals surface area (Å²) in [7, 11) is 0. The molecule has 0 radical (unpaired) electrons. The zero-order valence-electron chi connectivity index (χ0n) is 14.4. The van der Waals surface area contributed by atoms with Gasteiger partial charge in [0.25, 0.3) is 5.91 Å². The van der Waals surface area contributed by atoms with Gasteiger partial charge in [-0.05, 0) is 41.3 Å². The van der Waals surface area contributed by atoms with Crippen LogP contribution in [0, 0.1) is 11.3 Å². The number of fused-ring (bicyclic) bond motifs is 1. The van der Waals surface area contributed by atoms with Crippen molar-refractivity contribution >= 4 is 34.1 Å². The fourth-order valence-electron chi connectivity index (χ4n) is 2.67. The molecule has 2 aromatic carbocycles. The number of nitrogens with zero attached hydrogens (tertiary/aromatic N) is 1. The summed E-state index contributed by atoms with van der Waals surface area (Å²) in [5, 5.41) is 16.2. The third-order valence-corrected chi connectivity index (χ3v) is 4.76. The molecule has 1 N–H and O–H groups in total. The number of carbonyl (C=O) groups excluding carboxylic acids is 1. The molecule has 0 fully saturated rings. The molecule has 0 aliphatic carbocycles. The smallest absolute Gasteiger partial charge is 0.262 e. The SMILES string of the molecule is CCOc1ccc2ccccc2c1/C=C(/C#N)C(=O)NCc1cccs1. The van der Waals surface area contributed by atoms with Crippen molar-refractivity contribution in [1.82, 2.24) is 5.32 Å². The number of thiophene rings is 1. The van der Waals surface area contributed by atoms with Crippen molar-refractivity contribution < 1.29 is 9.53 Å². The second-order valence-corrected chi connectivity index (χ2v) is 6.60. The normalized spacial score (nSPS) is 11.2. The van der Waals surface area contributed by atoms with Gasteiger partial charge in [-0.3, -0.25) is 4.79 Å². The summed E-state index contributed by atoms with van der Waals surface area (Å²) in [5.74, 6) is 0.265. The van der Waals surface area contributed by atoms with Crippen molar-refractivity contribution in [3.63, 3.8) is 0 Å². The van der Waals surface area contributed by atoms with Gasteiger partial charge in [0.15, 0.2) is 0 Å². The summed E-state index contributed by atoms with van der Waals surface area (Å²) < 4.78 is 5.71. The molecule has 3 rings (SSSR count). The molecule has 0 saturated heterocycles. The lowest BCUT2D eigenvalue weighted by atomic mass is 10.0. The maximum atomic E-state index is 12.4. The lowest BCUT2D eigenvalue weighted by Crippen LogP contribution is -2.23. The van der Waals surface area contributed by atoms with E-state index in [9.17, 15) is 10.1 Å². The minimum absolute atomic E-state index is 0.0545. The van der Waals surface area contributed by atoms with Crippen LogP contribution in [0.2, 0.25) is 0 Å². The zero-order chi connectivity index (χ0) is 18.4. The average molecular weight is 362 g/mol. The number of rotatable bonds is 6. The molecule has 4 nitrogen and oxygen atoms in total. The lowest BCUT2D eigenvalue weighted by Gasteiger charge is -2.11. The van der Waals surface area contributed by atoms with Gasteiger partial charge in [-0.1, -0.05) is 36.4 Å². The van der Waals surface area contributed by atoms with Gasteiger partial charge < -0.3 is 10.1 Å². The van der Waals surface area contributed by atoms with Crippen LogP contribution in [-0.2, 0) is 11.3 Å². The van der Waals surface area contributed by atoms with Crippen LogP contribution >= 0.6 is 11.3 Å². The van der Waals surface area contributed by atoms with Crippen LogP contribution in [0.3, 0.4) is 0 Å². The molecule has 0 spiro atoms. The first-order valence-corrected chi connectivity index (χ1v) is 9.17. The Bertz CT molecular complexity index is 985. The van der Waals surface area contributed by atoms with Crippen molar-refractivity contribution in [1.29, 1.82) is 5.26 Å². The molecule has 1 aromatic heterocycles. The van der Waals surface area contributed by atoms with Crippen molar-refractivity contribution in [2.75, 3.05) is 6.61 Å². The number of benzene rings is 2. The van der Waals surface area contributed by atoms with Crippen molar-refractivity contribution in [3.8, 4) is 11.8 Å². The van der Waals surface area contributed by atoms with E-state index in [1.165, 1.54) is 0 Å². The third kappa shape index (κ3) is 3.93. The van der Waals surface area contributed by atoms with E-state index in [1.807, 2.05) is 66.9 Å². The first-order chi connectivity index (χ1) is 12.7. The van der Waals surface area contributed by atoms with Crippen LogP contribution in [0.25, 0.3) is 16.8 Å². The molecule has 1 amide bonds. The molecule has 5 heteroatoms. The topological polar surface area (TPSA) is 62.1 Å². The largest absolute Gasteiger partial charge is 0.493 e. The first-order valence-electron chi connectivity index (χ1n) is 8.30. The van der Waals surface area contributed by atoms with Crippen LogP contribution in [0.4, 0.5) is 0 Å². The van der Waals surface area contributed by atoms with Crippen molar-refractivity contribution in [3.05, 3.63) is 69.9 Å². The summed E-state index contributed by atoms with van der Waals surface area (Å²) >= 11 is 1.56. The van der Waals surface area contributed by atoms with E-state index in [0.717, 1.165) is 21.2 Å². The van der Waals surface area contributed by atoms with Crippen molar-refractivity contribution in [2.45, 2.75) is 13.5 Å². The Hall–Kier alpha value is -3.10. The fraction of sp³-hybridized carbons (Fsp3) is 0.143. The maximum absolute atomic E-state index is 12.4. The lowest BCUT2D eigenvalue weighted by molar-refractivity contribution is -0.117. The summed E-state index contributed by atoms with van der Waals surface area (Å²) in [5.41, 5.74) is 0.798. The Morgan fingerprint density at radius 2 is 2.08 bits per heavy atom. The van der Waals surface area contributed by atoms with Gasteiger partial charge >= 0.3 is 0 Å². The molecular formula is C21H18N2O2S. The van der Waals surface area contributed by atoms with Crippen LogP contribution in [0.5, 0.6) is 5.75 Å². The molecule has 0 unspecified atom stereocenters. The minimum Gasteiger partial charge on any atom is -0.493 e. The Morgan fingerprint density at radius 3 is 2.81 bits per heavy atom. The van der Waals surface area contributed by atoms with Gasteiger partial charge in [-0.15, -0.1) is 11.3 Å². The number of hydrogen-bond donors (Lipinski definition) is 1. The number of nitrogens with one attached hydrogen (secondary N) is 1. The fourth-order valence-corrected chi connectivity index (χ4v) is 3.32. The molecule has 3 aromatic rings. The highest BCUT2D eigenvalue weighted by Gasteiger charge is 2.13. The highest BCUT2D eigenvalue weighted by Crippen LogP contribution is 2.30. The summed E-state index contributed by atoms with van der Waals surface area (Å²) in [6, 6.07) is 17.6. The molecular weight excluding hydrogens is 344 g/mol. The quantitative estimate of drug-likeness (QED) is 0.518.